The van der Waals surface area contributed by atoms with E-state index in [1.54, 1.807) is 19.1 Å². The summed E-state index contributed by atoms with van der Waals surface area (Å²) < 4.78 is 64.1. The molecule has 0 unspecified atom stereocenters. The van der Waals surface area contributed by atoms with Gasteiger partial charge in [-0.3, -0.25) is 9.59 Å². The molecule has 0 fully saturated rings. The Labute approximate surface area is 229 Å². The van der Waals surface area contributed by atoms with Crippen molar-refractivity contribution in [2.45, 2.75) is 13.1 Å². The van der Waals surface area contributed by atoms with Crippen molar-refractivity contribution in [1.29, 1.82) is 5.26 Å². The lowest BCUT2D eigenvalue weighted by molar-refractivity contribution is -0.137. The molecule has 39 heavy (non-hydrogen) atoms. The second kappa shape index (κ2) is 12.9. The summed E-state index contributed by atoms with van der Waals surface area (Å²) in [6, 6.07) is 14.3. The molecule has 0 bridgehead atoms. The average Bonchev–Trinajstić information content (AvgIpc) is 2.88. The molecular weight excluding hydrogens is 586 g/mol. The number of benzene rings is 3. The van der Waals surface area contributed by atoms with Gasteiger partial charge in [-0.2, -0.15) is 18.4 Å². The Hall–Kier alpha value is -4.37. The summed E-state index contributed by atoms with van der Waals surface area (Å²) in [5, 5.41) is 14.2. The van der Waals surface area contributed by atoms with Crippen LogP contribution in [-0.4, -0.2) is 25.0 Å². The Bertz CT molecular complexity index is 1450. The summed E-state index contributed by atoms with van der Waals surface area (Å²) in [6.07, 6.45) is -3.39. The van der Waals surface area contributed by atoms with Gasteiger partial charge in [-0.25, -0.2) is 4.39 Å². The van der Waals surface area contributed by atoms with Crippen LogP contribution in [0.3, 0.4) is 0 Å². The predicted octanol–water partition coefficient (Wildman–Crippen LogP) is 6.57. The minimum atomic E-state index is -4.60. The van der Waals surface area contributed by atoms with Gasteiger partial charge in [0.1, 0.15) is 17.5 Å². The normalized spacial score (nSPS) is 11.4. The molecule has 3 rings (SSSR count). The summed E-state index contributed by atoms with van der Waals surface area (Å²) in [6.45, 7) is 1.43. The van der Waals surface area contributed by atoms with Crippen LogP contribution in [0.25, 0.3) is 6.08 Å². The van der Waals surface area contributed by atoms with E-state index in [2.05, 4.69) is 26.6 Å². The SMILES string of the molecule is CCOc1cc(/C=C(\C#N)C(=O)Nc2cccc(C(F)(F)F)c2)cc(Br)c1OCC(=O)Nc1ccccc1F. The van der Waals surface area contributed by atoms with Crippen molar-refractivity contribution >= 4 is 45.2 Å². The topological polar surface area (TPSA) is 100 Å². The lowest BCUT2D eigenvalue weighted by Gasteiger charge is -2.15. The smallest absolute Gasteiger partial charge is 0.416 e. The van der Waals surface area contributed by atoms with Crippen molar-refractivity contribution in [1.82, 2.24) is 0 Å². The maximum Gasteiger partial charge on any atom is 0.416 e. The fraction of sp³-hybridized carbons (Fsp3) is 0.148. The summed E-state index contributed by atoms with van der Waals surface area (Å²) >= 11 is 3.31. The van der Waals surface area contributed by atoms with E-state index in [0.717, 1.165) is 18.2 Å². The second-order valence-corrected chi connectivity index (χ2v) is 8.64. The molecule has 7 nitrogen and oxygen atoms in total. The zero-order valence-electron chi connectivity index (χ0n) is 20.2. The van der Waals surface area contributed by atoms with Crippen LogP contribution in [-0.2, 0) is 15.8 Å². The van der Waals surface area contributed by atoms with Crippen LogP contribution in [0.5, 0.6) is 11.5 Å². The Morgan fingerprint density at radius 2 is 1.79 bits per heavy atom. The minimum absolute atomic E-state index is 0.0110. The zero-order chi connectivity index (χ0) is 28.6. The van der Waals surface area contributed by atoms with Crippen molar-refractivity contribution in [3.63, 3.8) is 0 Å². The van der Waals surface area contributed by atoms with Crippen molar-refractivity contribution in [2.75, 3.05) is 23.8 Å². The minimum Gasteiger partial charge on any atom is -0.490 e. The summed E-state index contributed by atoms with van der Waals surface area (Å²) in [7, 11) is 0. The molecule has 0 aliphatic rings. The van der Waals surface area contributed by atoms with Crippen LogP contribution in [0, 0.1) is 17.1 Å². The molecule has 202 valence electrons. The molecule has 0 saturated carbocycles. The Morgan fingerprint density at radius 1 is 1.05 bits per heavy atom. The van der Waals surface area contributed by atoms with Crippen molar-refractivity contribution in [2.24, 2.45) is 0 Å². The number of rotatable bonds is 9. The molecule has 0 spiro atoms. The van der Waals surface area contributed by atoms with Gasteiger partial charge in [0.2, 0.25) is 0 Å². The third kappa shape index (κ3) is 8.05. The molecule has 0 saturated heterocycles. The quantitative estimate of drug-likeness (QED) is 0.163. The fourth-order valence-electron chi connectivity index (χ4n) is 3.25. The molecule has 0 aliphatic heterocycles. The summed E-state index contributed by atoms with van der Waals surface area (Å²) in [4.78, 5) is 24.9. The molecule has 12 heteroatoms. The van der Waals surface area contributed by atoms with Crippen molar-refractivity contribution in [3.05, 3.63) is 87.7 Å². The monoisotopic (exact) mass is 605 g/mol. The molecule has 0 aromatic heterocycles. The number of nitrogens with zero attached hydrogens (tertiary/aromatic N) is 1. The largest absolute Gasteiger partial charge is 0.490 e. The van der Waals surface area contributed by atoms with Crippen LogP contribution in [0.1, 0.15) is 18.1 Å². The van der Waals surface area contributed by atoms with Gasteiger partial charge in [0.25, 0.3) is 11.8 Å². The number of para-hydroxylation sites is 1. The third-order valence-electron chi connectivity index (χ3n) is 4.95. The highest BCUT2D eigenvalue weighted by Crippen LogP contribution is 2.38. The lowest BCUT2D eigenvalue weighted by atomic mass is 10.1. The number of carbonyl (C=O) groups excluding carboxylic acids is 2. The van der Waals surface area contributed by atoms with E-state index in [0.29, 0.717) is 10.0 Å². The van der Waals surface area contributed by atoms with Crippen molar-refractivity contribution < 1.29 is 36.6 Å². The molecule has 3 aromatic rings. The highest BCUT2D eigenvalue weighted by Gasteiger charge is 2.30. The average molecular weight is 606 g/mol. The highest BCUT2D eigenvalue weighted by molar-refractivity contribution is 9.10. The number of nitrogens with one attached hydrogen (secondary N) is 2. The Morgan fingerprint density at radius 3 is 2.46 bits per heavy atom. The molecule has 0 aliphatic carbocycles. The van der Waals surface area contributed by atoms with Gasteiger partial charge in [-0.05, 0) is 77.0 Å². The molecule has 2 N–H and O–H groups in total. The van der Waals surface area contributed by atoms with Gasteiger partial charge >= 0.3 is 6.18 Å². The van der Waals surface area contributed by atoms with E-state index in [1.807, 2.05) is 0 Å². The molecule has 3 aromatic carbocycles. The number of carbonyl (C=O) groups is 2. The maximum absolute atomic E-state index is 13.8. The molecule has 0 atom stereocenters. The van der Waals surface area contributed by atoms with Gasteiger partial charge in [0, 0.05) is 5.69 Å². The number of ether oxygens (including phenoxy) is 2. The summed E-state index contributed by atoms with van der Waals surface area (Å²) in [5.74, 6) is -1.84. The van der Waals surface area contributed by atoms with Gasteiger partial charge < -0.3 is 20.1 Å². The molecular formula is C27H20BrF4N3O4. The van der Waals surface area contributed by atoms with Gasteiger partial charge in [-0.15, -0.1) is 0 Å². The van der Waals surface area contributed by atoms with E-state index in [4.69, 9.17) is 9.47 Å². The first-order chi connectivity index (χ1) is 18.5. The van der Waals surface area contributed by atoms with Crippen LogP contribution < -0.4 is 20.1 Å². The number of nitriles is 1. The second-order valence-electron chi connectivity index (χ2n) is 7.78. The lowest BCUT2D eigenvalue weighted by Crippen LogP contribution is -2.21. The number of halogens is 5. The van der Waals surface area contributed by atoms with Crippen LogP contribution in [0.4, 0.5) is 28.9 Å². The number of hydrogen-bond donors (Lipinski definition) is 2. The number of hydrogen-bond acceptors (Lipinski definition) is 5. The number of anilines is 2. The van der Waals surface area contributed by atoms with Gasteiger partial charge in [-0.1, -0.05) is 18.2 Å². The fourth-order valence-corrected chi connectivity index (χ4v) is 3.82. The first kappa shape index (κ1) is 29.2. The van der Waals surface area contributed by atoms with Crippen LogP contribution in [0.15, 0.2) is 70.7 Å². The number of alkyl halides is 3. The maximum atomic E-state index is 13.8. The first-order valence-corrected chi connectivity index (χ1v) is 12.0. The van der Waals surface area contributed by atoms with E-state index < -0.39 is 36.0 Å². The van der Waals surface area contributed by atoms with E-state index >= 15 is 0 Å². The van der Waals surface area contributed by atoms with E-state index in [9.17, 15) is 32.4 Å². The van der Waals surface area contributed by atoms with E-state index in [1.165, 1.54) is 42.5 Å². The summed E-state index contributed by atoms with van der Waals surface area (Å²) in [5.41, 5.74) is -1.16. The van der Waals surface area contributed by atoms with Gasteiger partial charge in [0.15, 0.2) is 18.1 Å². The van der Waals surface area contributed by atoms with E-state index in [-0.39, 0.29) is 35.1 Å². The Balaban J connectivity index is 1.79. The van der Waals surface area contributed by atoms with Gasteiger partial charge in [0.05, 0.1) is 22.3 Å². The molecule has 0 radical (unpaired) electrons. The number of amides is 2. The van der Waals surface area contributed by atoms with Crippen LogP contribution in [0.2, 0.25) is 0 Å². The standard InChI is InChI=1S/C27H20BrF4N3O4/c1-2-38-23-12-16(10-17(14-33)26(37)34-19-7-5-6-18(13-19)27(30,31)32)11-20(28)25(23)39-15-24(36)35-22-9-4-3-8-21(22)29/h3-13H,2,15H2,1H3,(H,34,37)(H,35,36)/b17-10+. The van der Waals surface area contributed by atoms with Crippen molar-refractivity contribution in [3.8, 4) is 17.6 Å². The zero-order valence-corrected chi connectivity index (χ0v) is 21.8. The third-order valence-corrected chi connectivity index (χ3v) is 5.54. The Kier molecular flexibility index (Phi) is 9.68. The van der Waals surface area contributed by atoms with Crippen LogP contribution >= 0.6 is 15.9 Å². The predicted molar refractivity (Wildman–Crippen MR) is 139 cm³/mol. The molecule has 2 amide bonds. The highest BCUT2D eigenvalue weighted by atomic mass is 79.9. The molecule has 0 heterocycles. The first-order valence-electron chi connectivity index (χ1n) is 11.3.